The van der Waals surface area contributed by atoms with Crippen molar-refractivity contribution in [2.45, 2.75) is 44.6 Å². The highest BCUT2D eigenvalue weighted by Gasteiger charge is 2.28. The van der Waals surface area contributed by atoms with Crippen molar-refractivity contribution in [1.29, 1.82) is 0 Å². The monoisotopic (exact) mass is 478 g/mol. The molecule has 1 saturated carbocycles. The molecule has 0 saturated heterocycles. The normalized spacial score (nSPS) is 19.8. The lowest BCUT2D eigenvalue weighted by Gasteiger charge is -2.28. The standard InChI is InChI=1S/C20H20FIN4O/c1-13-24-25-20(26(13)18-10-7-15(22)12-17(18)21)14-5-8-16(9-6-14)27-19-4-2-3-11-23-19/h2-4,7,10-12,14,16H,5-6,8-9H2,1H3. The molecule has 7 heteroatoms. The third-order valence-electron chi connectivity index (χ3n) is 4.97. The molecule has 0 bridgehead atoms. The fourth-order valence-corrected chi connectivity index (χ4v) is 4.08. The molecule has 0 aliphatic heterocycles. The van der Waals surface area contributed by atoms with E-state index in [1.807, 2.05) is 35.8 Å². The van der Waals surface area contributed by atoms with Gasteiger partial charge in [0.1, 0.15) is 23.6 Å². The van der Waals surface area contributed by atoms with Crippen LogP contribution >= 0.6 is 22.6 Å². The average Bonchev–Trinajstić information content (AvgIpc) is 3.05. The van der Waals surface area contributed by atoms with Gasteiger partial charge < -0.3 is 4.74 Å². The first-order valence-electron chi connectivity index (χ1n) is 9.07. The molecule has 140 valence electrons. The van der Waals surface area contributed by atoms with Crippen LogP contribution in [0, 0.1) is 16.3 Å². The number of benzene rings is 1. The molecule has 0 atom stereocenters. The fourth-order valence-electron chi connectivity index (χ4n) is 3.63. The highest BCUT2D eigenvalue weighted by Crippen LogP contribution is 2.35. The number of aryl methyl sites for hydroxylation is 1. The van der Waals surface area contributed by atoms with Crippen LogP contribution in [-0.4, -0.2) is 25.9 Å². The number of rotatable bonds is 4. The van der Waals surface area contributed by atoms with Crippen LogP contribution in [0.4, 0.5) is 4.39 Å². The van der Waals surface area contributed by atoms with Crippen LogP contribution in [0.1, 0.15) is 43.3 Å². The third kappa shape index (κ3) is 3.97. The van der Waals surface area contributed by atoms with Crippen LogP contribution in [0.3, 0.4) is 0 Å². The number of hydrogen-bond acceptors (Lipinski definition) is 4. The Morgan fingerprint density at radius 2 is 1.93 bits per heavy atom. The number of halogens is 2. The number of ether oxygens (including phenoxy) is 1. The molecule has 0 N–H and O–H groups in total. The zero-order valence-electron chi connectivity index (χ0n) is 15.0. The van der Waals surface area contributed by atoms with Crippen molar-refractivity contribution in [3.63, 3.8) is 0 Å². The van der Waals surface area contributed by atoms with E-state index in [9.17, 15) is 4.39 Å². The largest absolute Gasteiger partial charge is 0.474 e. The van der Waals surface area contributed by atoms with Gasteiger partial charge in [-0.25, -0.2) is 9.37 Å². The summed E-state index contributed by atoms with van der Waals surface area (Å²) < 4.78 is 23.2. The van der Waals surface area contributed by atoms with Crippen LogP contribution < -0.4 is 4.74 Å². The number of hydrogen-bond donors (Lipinski definition) is 0. The number of pyridine rings is 1. The first kappa shape index (κ1) is 18.3. The molecule has 5 nitrogen and oxygen atoms in total. The minimum atomic E-state index is -0.252. The molecule has 2 aromatic heterocycles. The van der Waals surface area contributed by atoms with E-state index >= 15 is 0 Å². The summed E-state index contributed by atoms with van der Waals surface area (Å²) in [5.41, 5.74) is 0.514. The average molecular weight is 478 g/mol. The molecule has 2 heterocycles. The zero-order valence-corrected chi connectivity index (χ0v) is 17.1. The maximum absolute atomic E-state index is 14.5. The van der Waals surface area contributed by atoms with E-state index in [-0.39, 0.29) is 17.8 Å². The van der Waals surface area contributed by atoms with Gasteiger partial charge in [-0.1, -0.05) is 6.07 Å². The van der Waals surface area contributed by atoms with E-state index < -0.39 is 0 Å². The lowest BCUT2D eigenvalue weighted by molar-refractivity contribution is 0.139. The van der Waals surface area contributed by atoms with Crippen molar-refractivity contribution in [2.75, 3.05) is 0 Å². The van der Waals surface area contributed by atoms with Gasteiger partial charge in [-0.15, -0.1) is 10.2 Å². The van der Waals surface area contributed by atoms with Gasteiger partial charge in [-0.3, -0.25) is 4.57 Å². The zero-order chi connectivity index (χ0) is 18.8. The second-order valence-corrected chi connectivity index (χ2v) is 8.04. The molecule has 1 aliphatic carbocycles. The van der Waals surface area contributed by atoms with E-state index in [1.165, 1.54) is 6.07 Å². The van der Waals surface area contributed by atoms with Gasteiger partial charge in [-0.2, -0.15) is 0 Å². The Bertz CT molecular complexity index is 923. The Kier molecular flexibility index (Phi) is 5.38. The first-order chi connectivity index (χ1) is 13.1. The van der Waals surface area contributed by atoms with Gasteiger partial charge >= 0.3 is 0 Å². The summed E-state index contributed by atoms with van der Waals surface area (Å²) in [4.78, 5) is 4.23. The Balaban J connectivity index is 1.51. The van der Waals surface area contributed by atoms with Crippen molar-refractivity contribution in [1.82, 2.24) is 19.7 Å². The maximum atomic E-state index is 14.5. The number of aromatic nitrogens is 4. The lowest BCUT2D eigenvalue weighted by Crippen LogP contribution is -2.25. The van der Waals surface area contributed by atoms with Crippen molar-refractivity contribution in [3.8, 4) is 11.6 Å². The van der Waals surface area contributed by atoms with Crippen molar-refractivity contribution >= 4 is 22.6 Å². The quantitative estimate of drug-likeness (QED) is 0.505. The summed E-state index contributed by atoms with van der Waals surface area (Å²) >= 11 is 2.11. The SMILES string of the molecule is Cc1nnc(C2CCC(Oc3ccccn3)CC2)n1-c1ccc(I)cc1F. The topological polar surface area (TPSA) is 52.8 Å². The molecule has 3 aromatic rings. The lowest BCUT2D eigenvalue weighted by atomic mass is 9.86. The van der Waals surface area contributed by atoms with Gasteiger partial charge in [-0.05, 0) is 79.5 Å². The molecule has 1 fully saturated rings. The molecule has 0 radical (unpaired) electrons. The minimum absolute atomic E-state index is 0.156. The third-order valence-corrected chi connectivity index (χ3v) is 5.64. The minimum Gasteiger partial charge on any atom is -0.474 e. The predicted molar refractivity (Wildman–Crippen MR) is 109 cm³/mol. The predicted octanol–water partition coefficient (Wildman–Crippen LogP) is 4.82. The summed E-state index contributed by atoms with van der Waals surface area (Å²) in [7, 11) is 0. The van der Waals surface area contributed by atoms with Gasteiger partial charge in [0.25, 0.3) is 0 Å². The Morgan fingerprint density at radius 3 is 2.63 bits per heavy atom. The summed E-state index contributed by atoms with van der Waals surface area (Å²) in [6, 6.07) is 10.9. The van der Waals surface area contributed by atoms with Gasteiger partial charge in [0.05, 0.1) is 5.69 Å². The van der Waals surface area contributed by atoms with E-state index in [4.69, 9.17) is 4.74 Å². The van der Waals surface area contributed by atoms with Crippen molar-refractivity contribution in [2.24, 2.45) is 0 Å². The van der Waals surface area contributed by atoms with E-state index in [2.05, 4.69) is 37.8 Å². The van der Waals surface area contributed by atoms with Gasteiger partial charge in [0.2, 0.25) is 5.88 Å². The molecule has 0 spiro atoms. The van der Waals surface area contributed by atoms with Crippen LogP contribution in [0.25, 0.3) is 5.69 Å². The summed E-state index contributed by atoms with van der Waals surface area (Å²) in [6.45, 7) is 1.86. The second kappa shape index (κ2) is 7.92. The van der Waals surface area contributed by atoms with E-state index in [0.29, 0.717) is 17.4 Å². The smallest absolute Gasteiger partial charge is 0.213 e. The van der Waals surface area contributed by atoms with Gasteiger partial charge in [0, 0.05) is 21.8 Å². The van der Waals surface area contributed by atoms with E-state index in [0.717, 1.165) is 35.1 Å². The fraction of sp³-hybridized carbons (Fsp3) is 0.350. The summed E-state index contributed by atoms with van der Waals surface area (Å²) in [5, 5.41) is 8.60. The van der Waals surface area contributed by atoms with Crippen LogP contribution in [0.15, 0.2) is 42.6 Å². The highest BCUT2D eigenvalue weighted by molar-refractivity contribution is 14.1. The first-order valence-corrected chi connectivity index (χ1v) is 10.1. The van der Waals surface area contributed by atoms with E-state index in [1.54, 1.807) is 12.3 Å². The Morgan fingerprint density at radius 1 is 1.11 bits per heavy atom. The highest BCUT2D eigenvalue weighted by atomic mass is 127. The molecule has 4 rings (SSSR count). The summed E-state index contributed by atoms with van der Waals surface area (Å²) in [6.07, 6.45) is 5.60. The molecule has 27 heavy (non-hydrogen) atoms. The second-order valence-electron chi connectivity index (χ2n) is 6.80. The van der Waals surface area contributed by atoms with Crippen molar-refractivity contribution in [3.05, 3.63) is 63.6 Å². The van der Waals surface area contributed by atoms with Crippen LogP contribution in [-0.2, 0) is 0 Å². The molecule has 0 amide bonds. The Hall–Kier alpha value is -2.03. The van der Waals surface area contributed by atoms with Gasteiger partial charge in [0.15, 0.2) is 0 Å². The van der Waals surface area contributed by atoms with Crippen LogP contribution in [0.2, 0.25) is 0 Å². The molecule has 1 aromatic carbocycles. The number of nitrogens with zero attached hydrogens (tertiary/aromatic N) is 4. The molecule has 1 aliphatic rings. The summed E-state index contributed by atoms with van der Waals surface area (Å²) in [5.74, 6) is 2.20. The van der Waals surface area contributed by atoms with Crippen LogP contribution in [0.5, 0.6) is 5.88 Å². The molecular weight excluding hydrogens is 458 g/mol. The molecular formula is C20H20FIN4O. The van der Waals surface area contributed by atoms with Crippen molar-refractivity contribution < 1.29 is 9.13 Å². The Labute approximate surface area is 171 Å². The molecule has 0 unspecified atom stereocenters. The maximum Gasteiger partial charge on any atom is 0.213 e.